The fraction of sp³-hybridized carbons (Fsp3) is 0.889. The average Bonchev–Trinajstić information content (AvgIpc) is 2.65. The van der Waals surface area contributed by atoms with Crippen LogP contribution in [0, 0.1) is 10.1 Å². The van der Waals surface area contributed by atoms with Crippen molar-refractivity contribution in [2.75, 3.05) is 13.2 Å². The Morgan fingerprint density at radius 2 is 2.38 bits per heavy atom. The summed E-state index contributed by atoms with van der Waals surface area (Å²) in [7, 11) is 0. The van der Waals surface area contributed by atoms with Gasteiger partial charge in [-0.15, -0.1) is 10.1 Å². The Kier molecular flexibility index (Phi) is 4.97. The second kappa shape index (κ2) is 6.26. The number of esters is 1. The molecule has 1 heterocycles. The van der Waals surface area contributed by atoms with E-state index in [0.29, 0.717) is 13.2 Å². The molecule has 1 fully saturated rings. The van der Waals surface area contributed by atoms with Crippen LogP contribution in [0.15, 0.2) is 0 Å². The normalized spacial score (nSPS) is 24.1. The number of carbonyl (C=O) groups excluding carboxylic acids is 1. The number of hydrogen-bond donors (Lipinski definition) is 1. The number of carbonyl (C=O) groups is 1. The van der Waals surface area contributed by atoms with Crippen LogP contribution in [-0.2, 0) is 14.4 Å². The SMILES string of the molecule is CCCCOC(=O)C1CC(O[N+](=O)[O-])CN1. The van der Waals surface area contributed by atoms with Gasteiger partial charge in [0.2, 0.25) is 0 Å². The molecular formula is C9H16N2O5. The molecule has 0 aromatic heterocycles. The maximum absolute atomic E-state index is 11.4. The third-order valence-corrected chi connectivity index (χ3v) is 2.35. The monoisotopic (exact) mass is 232 g/mol. The van der Waals surface area contributed by atoms with Crippen molar-refractivity contribution in [1.82, 2.24) is 5.32 Å². The summed E-state index contributed by atoms with van der Waals surface area (Å²) in [4.78, 5) is 25.9. The molecule has 2 atom stereocenters. The maximum atomic E-state index is 11.4. The van der Waals surface area contributed by atoms with Crippen molar-refractivity contribution in [3.05, 3.63) is 10.1 Å². The molecule has 0 aromatic rings. The summed E-state index contributed by atoms with van der Waals surface area (Å²) in [5.41, 5.74) is 0. The van der Waals surface area contributed by atoms with Crippen molar-refractivity contribution >= 4 is 5.97 Å². The van der Waals surface area contributed by atoms with Crippen molar-refractivity contribution in [3.63, 3.8) is 0 Å². The lowest BCUT2D eigenvalue weighted by molar-refractivity contribution is -0.767. The van der Waals surface area contributed by atoms with E-state index in [4.69, 9.17) is 4.74 Å². The molecule has 0 radical (unpaired) electrons. The molecule has 1 aliphatic rings. The fourth-order valence-electron chi connectivity index (χ4n) is 1.50. The Hall–Kier alpha value is -1.37. The molecule has 1 rings (SSSR count). The molecule has 7 nitrogen and oxygen atoms in total. The van der Waals surface area contributed by atoms with E-state index in [9.17, 15) is 14.9 Å². The quantitative estimate of drug-likeness (QED) is 0.306. The van der Waals surface area contributed by atoms with Crippen molar-refractivity contribution in [3.8, 4) is 0 Å². The highest BCUT2D eigenvalue weighted by molar-refractivity contribution is 5.76. The highest BCUT2D eigenvalue weighted by Crippen LogP contribution is 2.11. The van der Waals surface area contributed by atoms with Crippen LogP contribution >= 0.6 is 0 Å². The summed E-state index contributed by atoms with van der Waals surface area (Å²) >= 11 is 0. The Balaban J connectivity index is 2.24. The zero-order valence-corrected chi connectivity index (χ0v) is 9.18. The standard InChI is InChI=1S/C9H16N2O5/c1-2-3-4-15-9(12)8-5-7(6-10-8)16-11(13)14/h7-8,10H,2-6H2,1H3. The van der Waals surface area contributed by atoms with Gasteiger partial charge in [0.15, 0.2) is 0 Å². The van der Waals surface area contributed by atoms with Crippen LogP contribution in [0.25, 0.3) is 0 Å². The van der Waals surface area contributed by atoms with Gasteiger partial charge in [0.05, 0.1) is 6.61 Å². The Labute approximate surface area is 93.2 Å². The highest BCUT2D eigenvalue weighted by Gasteiger charge is 2.32. The molecule has 0 amide bonds. The van der Waals surface area contributed by atoms with Crippen molar-refractivity contribution in [2.45, 2.75) is 38.3 Å². The molecule has 2 unspecified atom stereocenters. The molecule has 1 aliphatic heterocycles. The average molecular weight is 232 g/mol. The molecule has 0 aliphatic carbocycles. The van der Waals surface area contributed by atoms with E-state index in [2.05, 4.69) is 10.2 Å². The van der Waals surface area contributed by atoms with Crippen LogP contribution in [0.5, 0.6) is 0 Å². The number of nitrogens with one attached hydrogen (secondary N) is 1. The first-order chi connectivity index (χ1) is 7.63. The number of unbranched alkanes of at least 4 members (excludes halogenated alkanes) is 1. The lowest BCUT2D eigenvalue weighted by Gasteiger charge is -2.09. The first-order valence-corrected chi connectivity index (χ1v) is 5.34. The van der Waals surface area contributed by atoms with Gasteiger partial charge in [-0.3, -0.25) is 4.79 Å². The zero-order valence-electron chi connectivity index (χ0n) is 9.18. The van der Waals surface area contributed by atoms with Crippen LogP contribution in [0.1, 0.15) is 26.2 Å². The Morgan fingerprint density at radius 3 is 3.00 bits per heavy atom. The number of rotatable bonds is 6. The third-order valence-electron chi connectivity index (χ3n) is 2.35. The van der Waals surface area contributed by atoms with Crippen LogP contribution in [0.4, 0.5) is 0 Å². The molecule has 0 bridgehead atoms. The van der Waals surface area contributed by atoms with E-state index in [1.165, 1.54) is 0 Å². The van der Waals surface area contributed by atoms with Gasteiger partial charge in [0.25, 0.3) is 5.09 Å². The highest BCUT2D eigenvalue weighted by atomic mass is 17.0. The van der Waals surface area contributed by atoms with E-state index >= 15 is 0 Å². The summed E-state index contributed by atoms with van der Waals surface area (Å²) in [6.45, 7) is 2.70. The zero-order chi connectivity index (χ0) is 12.0. The maximum Gasteiger partial charge on any atom is 0.323 e. The molecule has 0 spiro atoms. The first-order valence-electron chi connectivity index (χ1n) is 5.34. The number of nitrogens with zero attached hydrogens (tertiary/aromatic N) is 1. The molecule has 0 aromatic carbocycles. The minimum absolute atomic E-state index is 0.284. The molecule has 7 heteroatoms. The molecule has 92 valence electrons. The predicted molar refractivity (Wildman–Crippen MR) is 54.1 cm³/mol. The van der Waals surface area contributed by atoms with Crippen molar-refractivity contribution in [1.29, 1.82) is 0 Å². The van der Waals surface area contributed by atoms with Gasteiger partial charge in [0.1, 0.15) is 12.1 Å². The van der Waals surface area contributed by atoms with Crippen LogP contribution in [-0.4, -0.2) is 36.4 Å². The van der Waals surface area contributed by atoms with Crippen LogP contribution in [0.3, 0.4) is 0 Å². The summed E-state index contributed by atoms with van der Waals surface area (Å²) in [5.74, 6) is -0.358. The topological polar surface area (TPSA) is 90.7 Å². The summed E-state index contributed by atoms with van der Waals surface area (Å²) < 4.78 is 4.99. The van der Waals surface area contributed by atoms with Crippen LogP contribution in [0.2, 0.25) is 0 Å². The third kappa shape index (κ3) is 4.01. The van der Waals surface area contributed by atoms with Gasteiger partial charge < -0.3 is 14.9 Å². The minimum atomic E-state index is -0.836. The number of ether oxygens (including phenoxy) is 1. The second-order valence-electron chi connectivity index (χ2n) is 3.67. The lowest BCUT2D eigenvalue weighted by Crippen LogP contribution is -2.32. The van der Waals surface area contributed by atoms with Crippen molar-refractivity contribution < 1.29 is 19.5 Å². The van der Waals surface area contributed by atoms with Gasteiger partial charge in [-0.25, -0.2) is 0 Å². The summed E-state index contributed by atoms with van der Waals surface area (Å²) in [6.07, 6.45) is 1.51. The van der Waals surface area contributed by atoms with Gasteiger partial charge in [0, 0.05) is 13.0 Å². The smallest absolute Gasteiger partial charge is 0.323 e. The molecule has 0 saturated carbocycles. The van der Waals surface area contributed by atoms with Crippen molar-refractivity contribution in [2.24, 2.45) is 0 Å². The van der Waals surface area contributed by atoms with Gasteiger partial charge in [-0.1, -0.05) is 13.3 Å². The van der Waals surface area contributed by atoms with Gasteiger partial charge in [-0.2, -0.15) is 0 Å². The van der Waals surface area contributed by atoms with E-state index in [1.807, 2.05) is 6.92 Å². The van der Waals surface area contributed by atoms with E-state index in [-0.39, 0.29) is 12.4 Å². The molecule has 1 saturated heterocycles. The molecular weight excluding hydrogens is 216 g/mol. The Bertz CT molecular complexity index is 258. The lowest BCUT2D eigenvalue weighted by atomic mass is 10.2. The fourth-order valence-corrected chi connectivity index (χ4v) is 1.50. The summed E-state index contributed by atoms with van der Waals surface area (Å²) in [6, 6.07) is -0.484. The summed E-state index contributed by atoms with van der Waals surface area (Å²) in [5, 5.41) is 12.1. The minimum Gasteiger partial charge on any atom is -0.465 e. The first kappa shape index (κ1) is 12.7. The van der Waals surface area contributed by atoms with E-state index in [1.54, 1.807) is 0 Å². The van der Waals surface area contributed by atoms with Gasteiger partial charge in [-0.05, 0) is 6.42 Å². The van der Waals surface area contributed by atoms with Gasteiger partial charge >= 0.3 is 5.97 Å². The predicted octanol–water partition coefficient (Wildman–Crippen LogP) is 0.269. The van der Waals surface area contributed by atoms with E-state index < -0.39 is 17.2 Å². The van der Waals surface area contributed by atoms with Crippen LogP contribution < -0.4 is 5.32 Å². The molecule has 16 heavy (non-hydrogen) atoms. The largest absolute Gasteiger partial charge is 0.465 e. The second-order valence-corrected chi connectivity index (χ2v) is 3.67. The van der Waals surface area contributed by atoms with E-state index in [0.717, 1.165) is 12.8 Å². The Morgan fingerprint density at radius 1 is 1.62 bits per heavy atom. The molecule has 1 N–H and O–H groups in total. The number of hydrogen-bond acceptors (Lipinski definition) is 6.